The molecule has 5 heteroatoms. The first-order valence-electron chi connectivity index (χ1n) is 5.75. The molecule has 0 unspecified atom stereocenters. The molecule has 0 spiro atoms. The minimum absolute atomic E-state index is 0.0858. The largest absolute Gasteiger partial charge is 0.365 e. The molecule has 0 aliphatic carbocycles. The highest BCUT2D eigenvalue weighted by molar-refractivity contribution is 6.32. The van der Waals surface area contributed by atoms with Gasteiger partial charge in [-0.15, -0.1) is 0 Å². The zero-order valence-corrected chi connectivity index (χ0v) is 10.8. The Labute approximate surface area is 110 Å². The molecule has 1 heterocycles. The molecule has 2 aromatic rings. The maximum absolute atomic E-state index is 11.3. The number of nitrogens with one attached hydrogen (secondary N) is 2. The van der Waals surface area contributed by atoms with Crippen molar-refractivity contribution in [1.82, 2.24) is 9.97 Å². The number of benzene rings is 1. The van der Waals surface area contributed by atoms with Crippen LogP contribution in [0.2, 0.25) is 5.02 Å². The van der Waals surface area contributed by atoms with Crippen molar-refractivity contribution >= 4 is 17.4 Å². The fourth-order valence-corrected chi connectivity index (χ4v) is 1.76. The first kappa shape index (κ1) is 12.6. The summed E-state index contributed by atoms with van der Waals surface area (Å²) in [6.07, 6.45) is 2.35. The van der Waals surface area contributed by atoms with E-state index in [1.54, 1.807) is 0 Å². The summed E-state index contributed by atoms with van der Waals surface area (Å²) in [4.78, 5) is 17.7. The third-order valence-corrected chi connectivity index (χ3v) is 3.04. The van der Waals surface area contributed by atoms with Crippen LogP contribution >= 0.6 is 11.6 Å². The third-order valence-electron chi connectivity index (χ3n) is 2.69. The molecule has 1 aromatic carbocycles. The average molecular weight is 264 g/mol. The standard InChI is InChI=1S/C13H14ClN3O/c1-2-9-3-5-10(6-4-9)7-15-12-11(14)13(18)17-8-16-12/h3-6,8H,2,7H2,1H3,(H2,15,16,17,18). The second-order valence-electron chi connectivity index (χ2n) is 3.92. The molecular weight excluding hydrogens is 250 g/mol. The van der Waals surface area contributed by atoms with Gasteiger partial charge in [-0.3, -0.25) is 4.79 Å². The van der Waals surface area contributed by atoms with Gasteiger partial charge in [0.2, 0.25) is 0 Å². The van der Waals surface area contributed by atoms with Gasteiger partial charge in [0, 0.05) is 6.54 Å². The fraction of sp³-hybridized carbons (Fsp3) is 0.231. The molecule has 0 saturated carbocycles. The quantitative estimate of drug-likeness (QED) is 0.891. The van der Waals surface area contributed by atoms with E-state index in [1.165, 1.54) is 11.9 Å². The van der Waals surface area contributed by atoms with Crippen molar-refractivity contribution in [3.05, 3.63) is 57.1 Å². The average Bonchev–Trinajstić information content (AvgIpc) is 2.41. The molecule has 1 aromatic heterocycles. The summed E-state index contributed by atoms with van der Waals surface area (Å²) >= 11 is 5.84. The van der Waals surface area contributed by atoms with Crippen LogP contribution in [0.4, 0.5) is 5.82 Å². The number of rotatable bonds is 4. The van der Waals surface area contributed by atoms with E-state index in [-0.39, 0.29) is 10.6 Å². The normalized spacial score (nSPS) is 10.3. The van der Waals surface area contributed by atoms with Crippen LogP contribution in [-0.4, -0.2) is 9.97 Å². The van der Waals surface area contributed by atoms with Crippen molar-refractivity contribution in [3.63, 3.8) is 0 Å². The Morgan fingerprint density at radius 1 is 1.28 bits per heavy atom. The minimum Gasteiger partial charge on any atom is -0.365 e. The van der Waals surface area contributed by atoms with E-state index < -0.39 is 0 Å². The lowest BCUT2D eigenvalue weighted by atomic mass is 10.1. The number of nitrogens with zero attached hydrogens (tertiary/aromatic N) is 1. The summed E-state index contributed by atoms with van der Waals surface area (Å²) in [5.74, 6) is 0.403. The fourth-order valence-electron chi connectivity index (χ4n) is 1.58. The lowest BCUT2D eigenvalue weighted by molar-refractivity contribution is 1.05. The van der Waals surface area contributed by atoms with Crippen molar-refractivity contribution in [2.24, 2.45) is 0 Å². The van der Waals surface area contributed by atoms with Gasteiger partial charge in [0.25, 0.3) is 5.56 Å². The SMILES string of the molecule is CCc1ccc(CNc2nc[nH]c(=O)c2Cl)cc1. The molecule has 0 radical (unpaired) electrons. The van der Waals surface area contributed by atoms with Crippen LogP contribution in [-0.2, 0) is 13.0 Å². The van der Waals surface area contributed by atoms with Gasteiger partial charge in [-0.1, -0.05) is 42.8 Å². The van der Waals surface area contributed by atoms with Crippen LogP contribution in [0.1, 0.15) is 18.1 Å². The molecule has 2 N–H and O–H groups in total. The molecule has 0 saturated heterocycles. The second kappa shape index (κ2) is 5.69. The Kier molecular flexibility index (Phi) is 3.99. The number of anilines is 1. The Balaban J connectivity index is 2.06. The summed E-state index contributed by atoms with van der Waals surface area (Å²) in [6, 6.07) is 8.27. The number of aromatic nitrogens is 2. The molecule has 0 bridgehead atoms. The number of halogens is 1. The van der Waals surface area contributed by atoms with Crippen molar-refractivity contribution in [3.8, 4) is 0 Å². The van der Waals surface area contributed by atoms with Crippen LogP contribution in [0.3, 0.4) is 0 Å². The minimum atomic E-state index is -0.338. The topological polar surface area (TPSA) is 57.8 Å². The molecular formula is C13H14ClN3O. The Bertz CT molecular complexity index is 578. The summed E-state index contributed by atoms with van der Waals surface area (Å²) in [5, 5.41) is 3.13. The van der Waals surface area contributed by atoms with Gasteiger partial charge in [0.05, 0.1) is 6.33 Å². The lowest BCUT2D eigenvalue weighted by Gasteiger charge is -2.07. The van der Waals surface area contributed by atoms with Crippen molar-refractivity contribution in [2.45, 2.75) is 19.9 Å². The van der Waals surface area contributed by atoms with Gasteiger partial charge in [-0.05, 0) is 17.5 Å². The van der Waals surface area contributed by atoms with Crippen LogP contribution in [0, 0.1) is 0 Å². The Morgan fingerprint density at radius 2 is 1.94 bits per heavy atom. The predicted molar refractivity (Wildman–Crippen MR) is 73.0 cm³/mol. The first-order chi connectivity index (χ1) is 8.70. The summed E-state index contributed by atoms with van der Waals surface area (Å²) in [6.45, 7) is 2.70. The third kappa shape index (κ3) is 2.90. The zero-order chi connectivity index (χ0) is 13.0. The van der Waals surface area contributed by atoms with Crippen molar-refractivity contribution in [1.29, 1.82) is 0 Å². The lowest BCUT2D eigenvalue weighted by Crippen LogP contribution is -2.11. The zero-order valence-electron chi connectivity index (χ0n) is 10.0. The van der Waals surface area contributed by atoms with Gasteiger partial charge in [-0.25, -0.2) is 4.98 Å². The maximum atomic E-state index is 11.3. The van der Waals surface area contributed by atoms with E-state index >= 15 is 0 Å². The second-order valence-corrected chi connectivity index (χ2v) is 4.30. The molecule has 2 rings (SSSR count). The molecule has 94 valence electrons. The highest BCUT2D eigenvalue weighted by Crippen LogP contribution is 2.14. The van der Waals surface area contributed by atoms with Gasteiger partial charge < -0.3 is 10.3 Å². The smallest absolute Gasteiger partial charge is 0.271 e. The van der Waals surface area contributed by atoms with E-state index in [0.717, 1.165) is 12.0 Å². The van der Waals surface area contributed by atoms with Crippen LogP contribution in [0.15, 0.2) is 35.4 Å². The van der Waals surface area contributed by atoms with E-state index in [1.807, 2.05) is 12.1 Å². The monoisotopic (exact) mass is 263 g/mol. The molecule has 0 atom stereocenters. The number of hydrogen-bond donors (Lipinski definition) is 2. The van der Waals surface area contributed by atoms with E-state index in [2.05, 4.69) is 34.3 Å². The van der Waals surface area contributed by atoms with Crippen molar-refractivity contribution < 1.29 is 0 Å². The predicted octanol–water partition coefficient (Wildman–Crippen LogP) is 2.60. The summed E-state index contributed by atoms with van der Waals surface area (Å²) in [7, 11) is 0. The Hall–Kier alpha value is -1.81. The summed E-state index contributed by atoms with van der Waals surface area (Å²) < 4.78 is 0. The number of hydrogen-bond acceptors (Lipinski definition) is 3. The van der Waals surface area contributed by atoms with Crippen LogP contribution in [0.5, 0.6) is 0 Å². The first-order valence-corrected chi connectivity index (χ1v) is 6.13. The van der Waals surface area contributed by atoms with Crippen molar-refractivity contribution in [2.75, 3.05) is 5.32 Å². The summed E-state index contributed by atoms with van der Waals surface area (Å²) in [5.41, 5.74) is 2.08. The number of aromatic amines is 1. The van der Waals surface area contributed by atoms with Gasteiger partial charge in [-0.2, -0.15) is 0 Å². The molecule has 0 aliphatic heterocycles. The highest BCUT2D eigenvalue weighted by atomic mass is 35.5. The van der Waals surface area contributed by atoms with E-state index in [4.69, 9.17) is 11.6 Å². The number of aryl methyl sites for hydroxylation is 1. The van der Waals surface area contributed by atoms with E-state index in [0.29, 0.717) is 12.4 Å². The van der Waals surface area contributed by atoms with Gasteiger partial charge >= 0.3 is 0 Å². The maximum Gasteiger partial charge on any atom is 0.271 e. The molecule has 18 heavy (non-hydrogen) atoms. The highest BCUT2D eigenvalue weighted by Gasteiger charge is 2.04. The molecule has 0 amide bonds. The molecule has 4 nitrogen and oxygen atoms in total. The Morgan fingerprint density at radius 3 is 2.61 bits per heavy atom. The van der Waals surface area contributed by atoms with E-state index in [9.17, 15) is 4.79 Å². The van der Waals surface area contributed by atoms with Gasteiger partial charge in [0.15, 0.2) is 5.82 Å². The number of H-pyrrole nitrogens is 1. The molecule has 0 aliphatic rings. The van der Waals surface area contributed by atoms with Crippen LogP contribution < -0.4 is 10.9 Å². The molecule has 0 fully saturated rings. The van der Waals surface area contributed by atoms with Crippen LogP contribution in [0.25, 0.3) is 0 Å². The van der Waals surface area contributed by atoms with Gasteiger partial charge in [0.1, 0.15) is 5.02 Å².